The van der Waals surface area contributed by atoms with Crippen molar-refractivity contribution in [2.75, 3.05) is 46.1 Å². The van der Waals surface area contributed by atoms with Gasteiger partial charge < -0.3 is 18.6 Å². The van der Waals surface area contributed by atoms with Gasteiger partial charge in [0.2, 0.25) is 0 Å². The summed E-state index contributed by atoms with van der Waals surface area (Å²) in [6, 6.07) is 13.5. The maximum absolute atomic E-state index is 13.8. The van der Waals surface area contributed by atoms with Gasteiger partial charge in [0, 0.05) is 53.3 Å². The summed E-state index contributed by atoms with van der Waals surface area (Å²) in [5.41, 5.74) is 3.97. The summed E-state index contributed by atoms with van der Waals surface area (Å²) in [5.74, 6) is 9.25. The first kappa shape index (κ1) is 26.8. The fourth-order valence-corrected chi connectivity index (χ4v) is 5.75. The van der Waals surface area contributed by atoms with E-state index in [1.165, 1.54) is 12.8 Å². The number of ether oxygens (including phenoxy) is 3. The summed E-state index contributed by atoms with van der Waals surface area (Å²) in [5, 5.41) is 0.808. The Morgan fingerprint density at radius 2 is 1.81 bits per heavy atom. The van der Waals surface area contributed by atoms with Crippen molar-refractivity contribution < 1.29 is 23.4 Å². The number of hydrogen-bond donors (Lipinski definition) is 0. The number of fused-ring (bicyclic) bond motifs is 4. The highest BCUT2D eigenvalue weighted by Crippen LogP contribution is 2.46. The van der Waals surface area contributed by atoms with E-state index in [1.807, 2.05) is 42.5 Å². The highest BCUT2D eigenvalue weighted by atomic mass is 16.5. The molecular formula is C35H34N2O5. The molecule has 42 heavy (non-hydrogen) atoms. The Bertz CT molecular complexity index is 1720. The molecule has 0 spiro atoms. The number of aromatic nitrogens is 1. The molecule has 1 aliphatic heterocycles. The molecule has 1 saturated heterocycles. The molecule has 0 bridgehead atoms. The molecule has 0 unspecified atom stereocenters. The lowest BCUT2D eigenvalue weighted by Crippen LogP contribution is -2.38. The van der Waals surface area contributed by atoms with Gasteiger partial charge in [0.1, 0.15) is 29.4 Å². The molecule has 2 aromatic heterocycles. The van der Waals surface area contributed by atoms with Gasteiger partial charge >= 0.3 is 0 Å². The Balaban J connectivity index is 1.12. The van der Waals surface area contributed by atoms with Crippen LogP contribution in [0.15, 0.2) is 59.3 Å². The fourth-order valence-electron chi connectivity index (χ4n) is 5.75. The first-order valence-electron chi connectivity index (χ1n) is 14.7. The molecule has 0 N–H and O–H groups in total. The van der Waals surface area contributed by atoms with Crippen LogP contribution in [-0.2, 0) is 10.2 Å². The van der Waals surface area contributed by atoms with Crippen LogP contribution >= 0.6 is 0 Å². The number of morpholine rings is 1. The van der Waals surface area contributed by atoms with E-state index in [0.717, 1.165) is 73.0 Å². The largest absolute Gasteiger partial charge is 0.492 e. The first-order chi connectivity index (χ1) is 20.5. The zero-order valence-corrected chi connectivity index (χ0v) is 24.1. The Labute approximate surface area is 245 Å². The van der Waals surface area contributed by atoms with Crippen molar-refractivity contribution in [3.8, 4) is 23.3 Å². The Morgan fingerprint density at radius 3 is 2.64 bits per heavy atom. The van der Waals surface area contributed by atoms with Crippen molar-refractivity contribution in [3.05, 3.63) is 88.4 Å². The van der Waals surface area contributed by atoms with Gasteiger partial charge in [-0.25, -0.2) is 0 Å². The molecule has 0 amide bonds. The number of pyridine rings is 1. The minimum absolute atomic E-state index is 0.0223. The topological polar surface area (TPSA) is 74.0 Å². The summed E-state index contributed by atoms with van der Waals surface area (Å²) in [6.07, 6.45) is 5.95. The minimum Gasteiger partial charge on any atom is -0.492 e. The predicted molar refractivity (Wildman–Crippen MR) is 159 cm³/mol. The van der Waals surface area contributed by atoms with E-state index in [9.17, 15) is 4.79 Å². The Hall–Kier alpha value is -4.12. The number of furan rings is 1. The van der Waals surface area contributed by atoms with Crippen LogP contribution in [0.1, 0.15) is 65.1 Å². The number of carbonyl (C=O) groups is 1. The van der Waals surface area contributed by atoms with Crippen molar-refractivity contribution in [2.24, 2.45) is 5.92 Å². The molecule has 1 saturated carbocycles. The Morgan fingerprint density at radius 1 is 0.976 bits per heavy atom. The standard InChI is InChI=1S/C35H34N2O5/c1-35(2)30-19-26(40-16-13-37-11-14-39-15-12-37)8-10-28(30)33(38)32-29-9-7-23(18-31(29)42-34(32)35)3-6-25-17-27(21-36-20-25)41-22-24-4-5-24/h7-10,17-21,24H,4-5,11-16,22H2,1-2H3. The summed E-state index contributed by atoms with van der Waals surface area (Å²) in [7, 11) is 0. The number of carbonyl (C=O) groups excluding carboxylic acids is 1. The SMILES string of the molecule is CC1(C)c2cc(OCCN3CCOCC3)ccc2C(=O)c2c1oc1cc(C#Cc3cncc(OCC4CC4)c3)ccc21. The van der Waals surface area contributed by atoms with Crippen LogP contribution < -0.4 is 9.47 Å². The van der Waals surface area contributed by atoms with Gasteiger partial charge in [-0.2, -0.15) is 0 Å². The van der Waals surface area contributed by atoms with Crippen LogP contribution in [0.2, 0.25) is 0 Å². The van der Waals surface area contributed by atoms with Crippen LogP contribution in [0.4, 0.5) is 0 Å². The van der Waals surface area contributed by atoms with Gasteiger partial charge in [-0.3, -0.25) is 14.7 Å². The zero-order valence-electron chi connectivity index (χ0n) is 24.1. The van der Waals surface area contributed by atoms with E-state index < -0.39 is 5.41 Å². The van der Waals surface area contributed by atoms with Crippen LogP contribution in [0.5, 0.6) is 11.5 Å². The third-order valence-electron chi connectivity index (χ3n) is 8.42. The normalized spacial score (nSPS) is 17.7. The van der Waals surface area contributed by atoms with Gasteiger partial charge in [-0.1, -0.05) is 11.8 Å². The van der Waals surface area contributed by atoms with Crippen molar-refractivity contribution in [1.29, 1.82) is 0 Å². The average molecular weight is 563 g/mol. The Kier molecular flexibility index (Phi) is 6.97. The third kappa shape index (κ3) is 5.29. The summed E-state index contributed by atoms with van der Waals surface area (Å²) < 4.78 is 23.8. The van der Waals surface area contributed by atoms with Crippen LogP contribution in [0, 0.1) is 17.8 Å². The van der Waals surface area contributed by atoms with Gasteiger partial charge in [-0.05, 0) is 80.6 Å². The first-order valence-corrected chi connectivity index (χ1v) is 14.7. The predicted octanol–water partition coefficient (Wildman–Crippen LogP) is 5.60. The second-order valence-electron chi connectivity index (χ2n) is 11.9. The van der Waals surface area contributed by atoms with Gasteiger partial charge in [0.15, 0.2) is 5.78 Å². The van der Waals surface area contributed by atoms with Gasteiger partial charge in [0.25, 0.3) is 0 Å². The third-order valence-corrected chi connectivity index (χ3v) is 8.42. The smallest absolute Gasteiger partial charge is 0.197 e. The molecule has 0 atom stereocenters. The van der Waals surface area contributed by atoms with Crippen molar-refractivity contribution in [2.45, 2.75) is 32.1 Å². The quantitative estimate of drug-likeness (QED) is 0.272. The number of rotatable bonds is 7. The molecule has 3 aliphatic rings. The van der Waals surface area contributed by atoms with E-state index in [0.29, 0.717) is 35.0 Å². The van der Waals surface area contributed by atoms with E-state index in [4.69, 9.17) is 18.6 Å². The molecule has 7 rings (SSSR count). The van der Waals surface area contributed by atoms with E-state index in [-0.39, 0.29) is 5.78 Å². The van der Waals surface area contributed by atoms with E-state index in [2.05, 4.69) is 35.6 Å². The maximum Gasteiger partial charge on any atom is 0.197 e. The molecular weight excluding hydrogens is 528 g/mol. The fraction of sp³-hybridized carbons (Fsp3) is 0.371. The molecule has 2 aromatic carbocycles. The molecule has 4 aromatic rings. The lowest BCUT2D eigenvalue weighted by atomic mass is 9.71. The lowest BCUT2D eigenvalue weighted by molar-refractivity contribution is 0.0322. The lowest BCUT2D eigenvalue weighted by Gasteiger charge is -2.31. The summed E-state index contributed by atoms with van der Waals surface area (Å²) in [4.78, 5) is 20.4. The van der Waals surface area contributed by atoms with E-state index >= 15 is 0 Å². The minimum atomic E-state index is -0.514. The van der Waals surface area contributed by atoms with Crippen LogP contribution in [-0.4, -0.2) is 61.7 Å². The van der Waals surface area contributed by atoms with Gasteiger partial charge in [-0.15, -0.1) is 0 Å². The zero-order chi connectivity index (χ0) is 28.7. The molecule has 7 nitrogen and oxygen atoms in total. The summed E-state index contributed by atoms with van der Waals surface area (Å²) >= 11 is 0. The van der Waals surface area contributed by atoms with Gasteiger partial charge in [0.05, 0.1) is 31.6 Å². The molecule has 214 valence electrons. The number of hydrogen-bond acceptors (Lipinski definition) is 7. The van der Waals surface area contributed by atoms with Crippen molar-refractivity contribution in [1.82, 2.24) is 9.88 Å². The highest BCUT2D eigenvalue weighted by Gasteiger charge is 2.41. The number of ketones is 1. The van der Waals surface area contributed by atoms with Crippen LogP contribution in [0.25, 0.3) is 11.0 Å². The highest BCUT2D eigenvalue weighted by molar-refractivity contribution is 6.19. The average Bonchev–Trinajstić information content (AvgIpc) is 3.76. The second kappa shape index (κ2) is 10.9. The maximum atomic E-state index is 13.8. The monoisotopic (exact) mass is 562 g/mol. The van der Waals surface area contributed by atoms with Crippen molar-refractivity contribution in [3.63, 3.8) is 0 Å². The second-order valence-corrected chi connectivity index (χ2v) is 11.9. The molecule has 3 heterocycles. The van der Waals surface area contributed by atoms with E-state index in [1.54, 1.807) is 12.4 Å². The molecule has 0 radical (unpaired) electrons. The molecule has 7 heteroatoms. The molecule has 2 fully saturated rings. The molecule has 2 aliphatic carbocycles. The number of nitrogens with zero attached hydrogens (tertiary/aromatic N) is 2. The number of benzene rings is 2. The summed E-state index contributed by atoms with van der Waals surface area (Å²) in [6.45, 7) is 9.76. The van der Waals surface area contributed by atoms with Crippen molar-refractivity contribution >= 4 is 16.8 Å². The van der Waals surface area contributed by atoms with Crippen LogP contribution in [0.3, 0.4) is 0 Å².